The molecule has 3 nitrogen and oxygen atoms in total. The van der Waals surface area contributed by atoms with Crippen LogP contribution in [0.5, 0.6) is 0 Å². The van der Waals surface area contributed by atoms with Crippen LogP contribution in [0.4, 0.5) is 0 Å². The van der Waals surface area contributed by atoms with E-state index < -0.39 is 0 Å². The van der Waals surface area contributed by atoms with Crippen LogP contribution in [0.2, 0.25) is 0 Å². The van der Waals surface area contributed by atoms with Crippen LogP contribution in [0.25, 0.3) is 82.7 Å². The number of nitrogens with zero attached hydrogens (tertiary/aromatic N) is 2. The van der Waals surface area contributed by atoms with Crippen molar-refractivity contribution in [1.29, 1.82) is 0 Å². The third-order valence-electron chi connectivity index (χ3n) is 10.7. The summed E-state index contributed by atoms with van der Waals surface area (Å²) in [5.74, 6) is 1.79. The number of imidazole rings is 1. The number of hydrogen-bond acceptors (Lipinski definition) is 2. The number of aromatic nitrogens is 2. The van der Waals surface area contributed by atoms with Crippen LogP contribution in [0.15, 0.2) is 132 Å². The third-order valence-corrected chi connectivity index (χ3v) is 10.7. The number of furan rings is 1. The van der Waals surface area contributed by atoms with Crippen molar-refractivity contribution in [2.45, 2.75) is 59.3 Å². The zero-order valence-corrected chi connectivity index (χ0v) is 30.2. The van der Waals surface area contributed by atoms with Crippen molar-refractivity contribution in [3.63, 3.8) is 0 Å². The molecule has 0 bridgehead atoms. The number of rotatable bonds is 6. The van der Waals surface area contributed by atoms with Crippen molar-refractivity contribution in [3.05, 3.63) is 144 Å². The van der Waals surface area contributed by atoms with Crippen molar-refractivity contribution in [2.24, 2.45) is 0 Å². The minimum Gasteiger partial charge on any atom is -0.455 e. The highest BCUT2D eigenvalue weighted by atomic mass is 16.3. The monoisotopic (exact) mass is 662 g/mol. The molecule has 0 aliphatic rings. The van der Waals surface area contributed by atoms with Crippen LogP contribution in [0.3, 0.4) is 0 Å². The Kier molecular flexibility index (Phi) is 7.36. The minimum absolute atomic E-state index is 0.284. The molecule has 250 valence electrons. The van der Waals surface area contributed by atoms with Crippen molar-refractivity contribution in [3.8, 4) is 28.2 Å². The number of hydrogen-bond donors (Lipinski definition) is 0. The first-order valence-electron chi connectivity index (χ1n) is 18.3. The van der Waals surface area contributed by atoms with E-state index in [0.717, 1.165) is 39.0 Å². The summed E-state index contributed by atoms with van der Waals surface area (Å²) in [6.45, 7) is 13.8. The summed E-state index contributed by atoms with van der Waals surface area (Å²) in [5, 5.41) is 7.24. The van der Waals surface area contributed by atoms with Gasteiger partial charge in [0.25, 0.3) is 0 Å². The number of para-hydroxylation sites is 2. The maximum atomic E-state index is 7.05. The van der Waals surface area contributed by atoms with Crippen molar-refractivity contribution in [2.75, 3.05) is 0 Å². The molecule has 2 heterocycles. The van der Waals surface area contributed by atoms with E-state index in [2.05, 4.69) is 174 Å². The largest absolute Gasteiger partial charge is 0.455 e. The van der Waals surface area contributed by atoms with E-state index in [4.69, 9.17) is 9.40 Å². The third kappa shape index (κ3) is 4.98. The highest BCUT2D eigenvalue weighted by molar-refractivity contribution is 6.18. The van der Waals surface area contributed by atoms with Gasteiger partial charge in [0.2, 0.25) is 0 Å². The molecule has 51 heavy (non-hydrogen) atoms. The molecule has 3 heteroatoms. The molecular weight excluding hydrogens is 621 g/mol. The molecule has 0 spiro atoms. The van der Waals surface area contributed by atoms with Gasteiger partial charge in [-0.25, -0.2) is 4.98 Å². The SMILES string of the molecule is CC(C)c1cc(-c2ccccc2)cc(C(C)C)c1-n1c(-c2ccc(C(C)C)c3c2oc2cc4c(ccc5ccccc54)cc23)nc2ccccc21. The molecule has 0 atom stereocenters. The van der Waals surface area contributed by atoms with Crippen LogP contribution in [-0.4, -0.2) is 9.55 Å². The van der Waals surface area contributed by atoms with Gasteiger partial charge in [0, 0.05) is 10.8 Å². The minimum atomic E-state index is 0.284. The van der Waals surface area contributed by atoms with Gasteiger partial charge in [0.1, 0.15) is 17.0 Å². The quantitative estimate of drug-likeness (QED) is 0.166. The lowest BCUT2D eigenvalue weighted by atomic mass is 9.88. The zero-order valence-electron chi connectivity index (χ0n) is 30.2. The average molecular weight is 663 g/mol. The second-order valence-electron chi connectivity index (χ2n) is 15.0. The Labute approximate surface area is 299 Å². The smallest absolute Gasteiger partial charge is 0.149 e. The van der Waals surface area contributed by atoms with Gasteiger partial charge in [-0.1, -0.05) is 126 Å². The molecule has 0 aliphatic carbocycles. The van der Waals surface area contributed by atoms with Gasteiger partial charge in [0.05, 0.1) is 22.3 Å². The van der Waals surface area contributed by atoms with E-state index >= 15 is 0 Å². The molecule has 0 N–H and O–H groups in total. The van der Waals surface area contributed by atoms with Gasteiger partial charge in [-0.15, -0.1) is 0 Å². The Balaban J connectivity index is 1.39. The normalized spacial score (nSPS) is 12.3. The van der Waals surface area contributed by atoms with Crippen LogP contribution in [0.1, 0.15) is 76.0 Å². The molecular formula is C48H42N2O. The van der Waals surface area contributed by atoms with Gasteiger partial charge < -0.3 is 4.42 Å². The van der Waals surface area contributed by atoms with Crippen LogP contribution < -0.4 is 0 Å². The Bertz CT molecular complexity index is 2750. The van der Waals surface area contributed by atoms with Crippen LogP contribution in [-0.2, 0) is 0 Å². The standard InChI is InChI=1S/C48H42N2O/c1-28(2)35-22-23-37(47-45(35)41-24-33-21-20-32-16-10-11-17-36(32)40(33)27-44(41)51-47)48-49-42-18-12-13-19-43(42)50(48)46-38(29(3)4)25-34(26-39(46)30(5)6)31-14-8-7-9-15-31/h7-30H,1-6H3. The van der Waals surface area contributed by atoms with Gasteiger partial charge >= 0.3 is 0 Å². The topological polar surface area (TPSA) is 31.0 Å². The predicted molar refractivity (Wildman–Crippen MR) is 216 cm³/mol. The molecule has 7 aromatic carbocycles. The fraction of sp³-hybridized carbons (Fsp3) is 0.188. The molecule has 0 amide bonds. The molecule has 0 saturated carbocycles. The fourth-order valence-corrected chi connectivity index (χ4v) is 8.11. The predicted octanol–water partition coefficient (Wildman–Crippen LogP) is 13.9. The van der Waals surface area contributed by atoms with Gasteiger partial charge in [-0.2, -0.15) is 0 Å². The molecule has 9 aromatic rings. The molecule has 9 rings (SSSR count). The van der Waals surface area contributed by atoms with Gasteiger partial charge in [-0.3, -0.25) is 4.57 Å². The summed E-state index contributed by atoms with van der Waals surface area (Å²) < 4.78 is 9.48. The van der Waals surface area contributed by atoms with Crippen molar-refractivity contribution in [1.82, 2.24) is 9.55 Å². The highest BCUT2D eigenvalue weighted by Gasteiger charge is 2.26. The first-order valence-corrected chi connectivity index (χ1v) is 18.3. The van der Waals surface area contributed by atoms with E-state index in [1.165, 1.54) is 60.4 Å². The van der Waals surface area contributed by atoms with E-state index in [1.807, 2.05) is 0 Å². The fourth-order valence-electron chi connectivity index (χ4n) is 8.11. The lowest BCUT2D eigenvalue weighted by molar-refractivity contribution is 0.669. The Morgan fingerprint density at radius 1 is 0.529 bits per heavy atom. The molecule has 0 aliphatic heterocycles. The van der Waals surface area contributed by atoms with Gasteiger partial charge in [0.15, 0.2) is 0 Å². The summed E-state index contributed by atoms with van der Waals surface area (Å²) in [5.41, 5.74) is 12.5. The molecule has 2 aromatic heterocycles. The average Bonchev–Trinajstić information content (AvgIpc) is 3.71. The summed E-state index contributed by atoms with van der Waals surface area (Å²) in [7, 11) is 0. The van der Waals surface area contributed by atoms with Crippen molar-refractivity contribution < 1.29 is 4.42 Å². The number of benzene rings is 7. The van der Waals surface area contributed by atoms with Crippen LogP contribution >= 0.6 is 0 Å². The van der Waals surface area contributed by atoms with Crippen LogP contribution in [0, 0.1) is 0 Å². The lowest BCUT2D eigenvalue weighted by Crippen LogP contribution is -2.09. The maximum absolute atomic E-state index is 7.05. The molecule has 0 radical (unpaired) electrons. The first kappa shape index (κ1) is 31.3. The Morgan fingerprint density at radius 3 is 1.94 bits per heavy atom. The second kappa shape index (κ2) is 12.0. The summed E-state index contributed by atoms with van der Waals surface area (Å²) in [6.07, 6.45) is 0. The van der Waals surface area contributed by atoms with E-state index in [9.17, 15) is 0 Å². The van der Waals surface area contributed by atoms with Crippen molar-refractivity contribution >= 4 is 54.5 Å². The summed E-state index contributed by atoms with van der Waals surface area (Å²) in [4.78, 5) is 5.43. The lowest BCUT2D eigenvalue weighted by Gasteiger charge is -2.24. The van der Waals surface area contributed by atoms with E-state index in [0.29, 0.717) is 5.92 Å². The Hall–Kier alpha value is -5.67. The first-order chi connectivity index (χ1) is 24.8. The molecule has 0 unspecified atom stereocenters. The summed E-state index contributed by atoms with van der Waals surface area (Å²) >= 11 is 0. The molecule has 0 saturated heterocycles. The van der Waals surface area contributed by atoms with E-state index in [1.54, 1.807) is 0 Å². The zero-order chi connectivity index (χ0) is 35.0. The van der Waals surface area contributed by atoms with E-state index in [-0.39, 0.29) is 11.8 Å². The highest BCUT2D eigenvalue weighted by Crippen LogP contribution is 2.45. The summed E-state index contributed by atoms with van der Waals surface area (Å²) in [6, 6.07) is 46.3. The number of fused-ring (bicyclic) bond motifs is 7. The maximum Gasteiger partial charge on any atom is 0.149 e. The van der Waals surface area contributed by atoms with Gasteiger partial charge in [-0.05, 0) is 110 Å². The second-order valence-corrected chi connectivity index (χ2v) is 15.0. The Morgan fingerprint density at radius 2 is 1.20 bits per heavy atom. The molecule has 0 fully saturated rings.